The number of thiazole rings is 1. The molecule has 76 valence electrons. The van der Waals surface area contributed by atoms with Crippen LogP contribution in [0.25, 0.3) is 10.2 Å². The molecule has 15 heavy (non-hydrogen) atoms. The van der Waals surface area contributed by atoms with Gasteiger partial charge in [-0.05, 0) is 24.1 Å². The predicted molar refractivity (Wildman–Crippen MR) is 62.1 cm³/mol. The Kier molecular flexibility index (Phi) is 2.86. The molecule has 0 unspecified atom stereocenters. The Morgan fingerprint density at radius 1 is 1.53 bits per heavy atom. The minimum Gasteiger partial charge on any atom is -0.497 e. The molecule has 1 aromatic carbocycles. The highest BCUT2D eigenvalue weighted by Gasteiger charge is 2.02. The first-order valence-electron chi connectivity index (χ1n) is 4.47. The third-order valence-corrected chi connectivity index (χ3v) is 2.83. The van der Waals surface area contributed by atoms with Crippen molar-refractivity contribution >= 4 is 21.6 Å². The zero-order chi connectivity index (χ0) is 10.7. The Hall–Kier alpha value is -1.57. The van der Waals surface area contributed by atoms with Crippen LogP contribution in [0.4, 0.5) is 0 Å². The van der Waals surface area contributed by atoms with Crippen molar-refractivity contribution in [2.45, 2.75) is 0 Å². The number of rotatable bonds is 1. The maximum Gasteiger partial charge on any atom is 0.168 e. The normalized spacial score (nSPS) is 9.73. The lowest BCUT2D eigenvalue weighted by Gasteiger charge is -1.96. The second-order valence-corrected chi connectivity index (χ2v) is 3.89. The summed E-state index contributed by atoms with van der Waals surface area (Å²) in [6.45, 7) is 0.360. The number of hydrogen-bond acceptors (Lipinski definition) is 4. The number of fused-ring (bicyclic) bond motifs is 1. The van der Waals surface area contributed by atoms with Gasteiger partial charge in [0.05, 0.1) is 23.9 Å². The van der Waals surface area contributed by atoms with Gasteiger partial charge in [-0.15, -0.1) is 11.3 Å². The number of ether oxygens (including phenoxy) is 1. The van der Waals surface area contributed by atoms with Crippen LogP contribution in [-0.2, 0) is 0 Å². The molecule has 0 amide bonds. The van der Waals surface area contributed by atoms with Crippen molar-refractivity contribution in [3.8, 4) is 17.6 Å². The van der Waals surface area contributed by atoms with Crippen LogP contribution in [0.1, 0.15) is 5.01 Å². The second-order valence-electron chi connectivity index (χ2n) is 2.86. The molecular weight excluding hydrogens is 208 g/mol. The molecule has 0 radical (unpaired) electrons. The van der Waals surface area contributed by atoms with Gasteiger partial charge in [-0.2, -0.15) is 0 Å². The topological polar surface area (TPSA) is 48.1 Å². The highest BCUT2D eigenvalue weighted by Crippen LogP contribution is 2.25. The summed E-state index contributed by atoms with van der Waals surface area (Å²) in [7, 11) is 1.65. The largest absolute Gasteiger partial charge is 0.497 e. The van der Waals surface area contributed by atoms with E-state index in [2.05, 4.69) is 16.8 Å². The fourth-order valence-electron chi connectivity index (χ4n) is 1.21. The lowest BCUT2D eigenvalue weighted by molar-refractivity contribution is 0.415. The van der Waals surface area contributed by atoms with Gasteiger partial charge in [-0.1, -0.05) is 5.92 Å². The van der Waals surface area contributed by atoms with Crippen LogP contribution in [0.2, 0.25) is 0 Å². The monoisotopic (exact) mass is 218 g/mol. The molecule has 0 aliphatic rings. The highest BCUT2D eigenvalue weighted by atomic mass is 32.1. The van der Waals surface area contributed by atoms with Gasteiger partial charge in [0.1, 0.15) is 5.75 Å². The van der Waals surface area contributed by atoms with Crippen molar-refractivity contribution in [3.63, 3.8) is 0 Å². The quantitative estimate of drug-likeness (QED) is 0.740. The van der Waals surface area contributed by atoms with Crippen molar-refractivity contribution in [2.75, 3.05) is 13.7 Å². The molecule has 4 heteroatoms. The van der Waals surface area contributed by atoms with Crippen LogP contribution in [0, 0.1) is 11.8 Å². The summed E-state index contributed by atoms with van der Waals surface area (Å²) >= 11 is 1.55. The highest BCUT2D eigenvalue weighted by molar-refractivity contribution is 7.19. The standard InChI is InChI=1S/C11H10N2OS/c1-14-8-4-5-9-10(7-8)15-11(13-9)3-2-6-12/h4-5,7H,6,12H2,1H3. The summed E-state index contributed by atoms with van der Waals surface area (Å²) in [6.07, 6.45) is 0. The van der Waals surface area contributed by atoms with Crippen LogP contribution in [-0.4, -0.2) is 18.6 Å². The minimum atomic E-state index is 0.360. The Balaban J connectivity index is 2.46. The first-order valence-corrected chi connectivity index (χ1v) is 5.28. The van der Waals surface area contributed by atoms with Gasteiger partial charge in [-0.25, -0.2) is 4.98 Å². The Morgan fingerprint density at radius 2 is 2.40 bits per heavy atom. The van der Waals surface area contributed by atoms with Crippen LogP contribution in [0.15, 0.2) is 18.2 Å². The summed E-state index contributed by atoms with van der Waals surface area (Å²) < 4.78 is 6.21. The zero-order valence-electron chi connectivity index (χ0n) is 8.28. The summed E-state index contributed by atoms with van der Waals surface area (Å²) in [4.78, 5) is 4.36. The summed E-state index contributed by atoms with van der Waals surface area (Å²) in [6, 6.07) is 5.78. The van der Waals surface area contributed by atoms with Crippen molar-refractivity contribution in [1.29, 1.82) is 0 Å². The molecule has 0 aliphatic heterocycles. The van der Waals surface area contributed by atoms with Crippen LogP contribution in [0.3, 0.4) is 0 Å². The lowest BCUT2D eigenvalue weighted by Crippen LogP contribution is -1.92. The van der Waals surface area contributed by atoms with Gasteiger partial charge < -0.3 is 10.5 Å². The van der Waals surface area contributed by atoms with E-state index in [1.54, 1.807) is 18.4 Å². The number of hydrogen-bond donors (Lipinski definition) is 1. The van der Waals surface area contributed by atoms with Gasteiger partial charge in [0.2, 0.25) is 0 Å². The third kappa shape index (κ3) is 2.09. The lowest BCUT2D eigenvalue weighted by atomic mass is 10.3. The van der Waals surface area contributed by atoms with E-state index in [1.807, 2.05) is 18.2 Å². The van der Waals surface area contributed by atoms with Crippen LogP contribution in [0.5, 0.6) is 5.75 Å². The number of nitrogens with zero attached hydrogens (tertiary/aromatic N) is 1. The van der Waals surface area contributed by atoms with Crippen molar-refractivity contribution in [3.05, 3.63) is 23.2 Å². The van der Waals surface area contributed by atoms with Gasteiger partial charge in [0, 0.05) is 0 Å². The summed E-state index contributed by atoms with van der Waals surface area (Å²) in [5, 5.41) is 0.795. The fourth-order valence-corrected chi connectivity index (χ4v) is 2.08. The molecule has 1 heterocycles. The van der Waals surface area contributed by atoms with E-state index in [9.17, 15) is 0 Å². The first-order chi connectivity index (χ1) is 7.33. The predicted octanol–water partition coefficient (Wildman–Crippen LogP) is 1.62. The Bertz CT molecular complexity index is 536. The molecule has 0 saturated heterocycles. The van der Waals surface area contributed by atoms with Crippen molar-refractivity contribution in [1.82, 2.24) is 4.98 Å². The van der Waals surface area contributed by atoms with E-state index in [0.717, 1.165) is 21.0 Å². The van der Waals surface area contributed by atoms with Gasteiger partial charge in [0.15, 0.2) is 5.01 Å². The third-order valence-electron chi connectivity index (χ3n) is 1.89. The molecule has 2 rings (SSSR count). The Morgan fingerprint density at radius 3 is 3.13 bits per heavy atom. The number of methoxy groups -OCH3 is 1. The molecular formula is C11H10N2OS. The molecule has 0 atom stereocenters. The summed E-state index contributed by atoms with van der Waals surface area (Å²) in [5.41, 5.74) is 6.25. The van der Waals surface area contributed by atoms with Crippen LogP contribution < -0.4 is 10.5 Å². The average Bonchev–Trinajstić information content (AvgIpc) is 2.67. The van der Waals surface area contributed by atoms with Crippen molar-refractivity contribution < 1.29 is 4.74 Å². The van der Waals surface area contributed by atoms with E-state index < -0.39 is 0 Å². The van der Waals surface area contributed by atoms with E-state index in [-0.39, 0.29) is 0 Å². The smallest absolute Gasteiger partial charge is 0.168 e. The molecule has 0 saturated carbocycles. The SMILES string of the molecule is COc1ccc2nc(C#CCN)sc2c1. The second kappa shape index (κ2) is 4.30. The average molecular weight is 218 g/mol. The maximum atomic E-state index is 5.30. The molecule has 3 nitrogen and oxygen atoms in total. The summed E-state index contributed by atoms with van der Waals surface area (Å²) in [5.74, 6) is 6.55. The molecule has 1 aromatic heterocycles. The zero-order valence-corrected chi connectivity index (χ0v) is 9.10. The van der Waals surface area contributed by atoms with Gasteiger partial charge in [0.25, 0.3) is 0 Å². The van der Waals surface area contributed by atoms with E-state index >= 15 is 0 Å². The van der Waals surface area contributed by atoms with Crippen molar-refractivity contribution in [2.24, 2.45) is 5.73 Å². The molecule has 0 aliphatic carbocycles. The number of benzene rings is 1. The molecule has 0 fully saturated rings. The van der Waals surface area contributed by atoms with Crippen LogP contribution >= 0.6 is 11.3 Å². The van der Waals surface area contributed by atoms with Gasteiger partial charge >= 0.3 is 0 Å². The van der Waals surface area contributed by atoms with E-state index in [0.29, 0.717) is 6.54 Å². The number of nitrogens with two attached hydrogens (primary N) is 1. The molecule has 2 N–H and O–H groups in total. The first kappa shape index (κ1) is 9.97. The molecule has 2 aromatic rings. The Labute approximate surface area is 91.9 Å². The molecule has 0 spiro atoms. The fraction of sp³-hybridized carbons (Fsp3) is 0.182. The van der Waals surface area contributed by atoms with Gasteiger partial charge in [-0.3, -0.25) is 0 Å². The van der Waals surface area contributed by atoms with E-state index in [4.69, 9.17) is 10.5 Å². The molecule has 0 bridgehead atoms. The maximum absolute atomic E-state index is 5.30. The van der Waals surface area contributed by atoms with E-state index in [1.165, 1.54) is 0 Å². The number of aromatic nitrogens is 1. The minimum absolute atomic E-state index is 0.360.